The molecule has 1 aromatic carbocycles. The molecule has 1 saturated heterocycles. The van der Waals surface area contributed by atoms with E-state index in [0.29, 0.717) is 18.0 Å². The molecule has 1 saturated carbocycles. The fourth-order valence-electron chi connectivity index (χ4n) is 4.84. The highest BCUT2D eigenvalue weighted by Crippen LogP contribution is 2.34. The maximum Gasteiger partial charge on any atom is 0.264 e. The van der Waals surface area contributed by atoms with Gasteiger partial charge < -0.3 is 19.3 Å². The number of likely N-dealkylation sites (tertiary alicyclic amines) is 1. The molecule has 1 aliphatic carbocycles. The number of benzene rings is 1. The van der Waals surface area contributed by atoms with E-state index >= 15 is 0 Å². The number of hydrogen-bond acceptors (Lipinski definition) is 5. The second-order valence-electron chi connectivity index (χ2n) is 8.23. The first-order valence-electron chi connectivity index (χ1n) is 10.7. The van der Waals surface area contributed by atoms with E-state index in [1.54, 1.807) is 4.90 Å². The SMILES string of the molecule is O=C([C@@H]1CCCN1C(=O)c1cccs1)N(Cc1ccc2c(c1)OCO2)C1CCCC1. The molecule has 158 valence electrons. The van der Waals surface area contributed by atoms with Crippen molar-refractivity contribution in [3.05, 3.63) is 46.2 Å². The molecule has 0 radical (unpaired) electrons. The van der Waals surface area contributed by atoms with Crippen LogP contribution in [0, 0.1) is 0 Å². The Morgan fingerprint density at radius 2 is 1.90 bits per heavy atom. The summed E-state index contributed by atoms with van der Waals surface area (Å²) in [6.07, 6.45) is 5.97. The lowest BCUT2D eigenvalue weighted by Crippen LogP contribution is -2.50. The van der Waals surface area contributed by atoms with E-state index in [1.807, 2.05) is 40.6 Å². The number of carbonyl (C=O) groups excluding carboxylic acids is 2. The lowest BCUT2D eigenvalue weighted by molar-refractivity contribution is -0.138. The van der Waals surface area contributed by atoms with Crippen LogP contribution < -0.4 is 9.47 Å². The van der Waals surface area contributed by atoms with Crippen LogP contribution in [-0.4, -0.2) is 47.0 Å². The molecule has 2 amide bonds. The lowest BCUT2D eigenvalue weighted by Gasteiger charge is -2.34. The molecule has 3 aliphatic rings. The van der Waals surface area contributed by atoms with Crippen LogP contribution in [0.25, 0.3) is 0 Å². The highest BCUT2D eigenvalue weighted by molar-refractivity contribution is 7.12. The lowest BCUT2D eigenvalue weighted by atomic mass is 10.1. The van der Waals surface area contributed by atoms with Gasteiger partial charge in [-0.1, -0.05) is 25.0 Å². The number of hydrogen-bond donors (Lipinski definition) is 0. The van der Waals surface area contributed by atoms with Gasteiger partial charge >= 0.3 is 0 Å². The average molecular weight is 427 g/mol. The summed E-state index contributed by atoms with van der Waals surface area (Å²) in [5.74, 6) is 1.56. The standard InChI is InChI=1S/C23H26N2O4S/c26-22(18-7-3-11-24(18)23(27)21-8-4-12-30-21)25(17-5-1-2-6-17)14-16-9-10-19-20(13-16)29-15-28-19/h4,8-10,12-13,17-18H,1-3,5-7,11,14-15H2/t18-/m0/s1. The zero-order valence-electron chi connectivity index (χ0n) is 16.9. The maximum absolute atomic E-state index is 13.7. The normalized spacial score (nSPS) is 20.7. The van der Waals surface area contributed by atoms with Crippen molar-refractivity contribution in [2.24, 2.45) is 0 Å². The van der Waals surface area contributed by atoms with Crippen molar-refractivity contribution in [2.75, 3.05) is 13.3 Å². The highest BCUT2D eigenvalue weighted by Gasteiger charge is 2.39. The van der Waals surface area contributed by atoms with Gasteiger partial charge in [-0.3, -0.25) is 9.59 Å². The number of thiophene rings is 1. The number of rotatable bonds is 5. The summed E-state index contributed by atoms with van der Waals surface area (Å²) in [5, 5.41) is 1.91. The number of nitrogens with zero attached hydrogens (tertiary/aromatic N) is 2. The number of amides is 2. The van der Waals surface area contributed by atoms with Crippen LogP contribution in [0.4, 0.5) is 0 Å². The summed E-state index contributed by atoms with van der Waals surface area (Å²) in [4.78, 5) is 31.2. The van der Waals surface area contributed by atoms with Crippen molar-refractivity contribution in [3.8, 4) is 11.5 Å². The number of fused-ring (bicyclic) bond motifs is 1. The topological polar surface area (TPSA) is 59.1 Å². The van der Waals surface area contributed by atoms with Crippen molar-refractivity contribution < 1.29 is 19.1 Å². The van der Waals surface area contributed by atoms with Crippen LogP contribution >= 0.6 is 11.3 Å². The van der Waals surface area contributed by atoms with Gasteiger partial charge in [-0.15, -0.1) is 11.3 Å². The molecule has 7 heteroatoms. The predicted octanol–water partition coefficient (Wildman–Crippen LogP) is 4.05. The van der Waals surface area contributed by atoms with Crippen LogP contribution in [0.3, 0.4) is 0 Å². The van der Waals surface area contributed by atoms with Crippen LogP contribution in [0.5, 0.6) is 11.5 Å². The van der Waals surface area contributed by atoms with Gasteiger partial charge in [-0.05, 0) is 54.8 Å². The van der Waals surface area contributed by atoms with Crippen LogP contribution in [0.2, 0.25) is 0 Å². The van der Waals surface area contributed by atoms with E-state index in [1.165, 1.54) is 11.3 Å². The molecule has 2 aromatic rings. The van der Waals surface area contributed by atoms with Gasteiger partial charge in [0.05, 0.1) is 4.88 Å². The molecule has 2 fully saturated rings. The molecule has 2 aliphatic heterocycles. The molecule has 1 atom stereocenters. The van der Waals surface area contributed by atoms with Crippen molar-refractivity contribution >= 4 is 23.2 Å². The van der Waals surface area contributed by atoms with Crippen molar-refractivity contribution in [3.63, 3.8) is 0 Å². The fourth-order valence-corrected chi connectivity index (χ4v) is 5.52. The van der Waals surface area contributed by atoms with Gasteiger partial charge in [0, 0.05) is 19.1 Å². The Balaban J connectivity index is 1.38. The zero-order chi connectivity index (χ0) is 20.5. The number of ether oxygens (including phenoxy) is 2. The molecule has 5 rings (SSSR count). The molecular weight excluding hydrogens is 400 g/mol. The Labute approximate surface area is 180 Å². The van der Waals surface area contributed by atoms with Crippen molar-refractivity contribution in [1.82, 2.24) is 9.80 Å². The Bertz CT molecular complexity index is 923. The Morgan fingerprint density at radius 3 is 2.70 bits per heavy atom. The third-order valence-electron chi connectivity index (χ3n) is 6.37. The minimum atomic E-state index is -0.366. The summed E-state index contributed by atoms with van der Waals surface area (Å²) in [5.41, 5.74) is 1.04. The number of carbonyl (C=O) groups is 2. The summed E-state index contributed by atoms with van der Waals surface area (Å²) in [6, 6.07) is 9.49. The maximum atomic E-state index is 13.7. The van der Waals surface area contributed by atoms with Crippen molar-refractivity contribution in [1.29, 1.82) is 0 Å². The molecule has 30 heavy (non-hydrogen) atoms. The summed E-state index contributed by atoms with van der Waals surface area (Å²) >= 11 is 1.44. The third kappa shape index (κ3) is 3.67. The first-order valence-corrected chi connectivity index (χ1v) is 11.6. The fraction of sp³-hybridized carbons (Fsp3) is 0.478. The van der Waals surface area contributed by atoms with E-state index in [4.69, 9.17) is 9.47 Å². The van der Waals surface area contributed by atoms with Crippen LogP contribution in [-0.2, 0) is 11.3 Å². The minimum absolute atomic E-state index is 0.0182. The Kier molecular flexibility index (Phi) is 5.37. The molecule has 0 spiro atoms. The highest BCUT2D eigenvalue weighted by atomic mass is 32.1. The summed E-state index contributed by atoms with van der Waals surface area (Å²) in [6.45, 7) is 1.43. The zero-order valence-corrected chi connectivity index (χ0v) is 17.7. The average Bonchev–Trinajstić information content (AvgIpc) is 3.58. The largest absolute Gasteiger partial charge is 0.454 e. The second kappa shape index (κ2) is 8.30. The summed E-state index contributed by atoms with van der Waals surface area (Å²) < 4.78 is 10.9. The smallest absolute Gasteiger partial charge is 0.264 e. The van der Waals surface area contributed by atoms with E-state index in [0.717, 1.165) is 55.6 Å². The van der Waals surface area contributed by atoms with Crippen LogP contribution in [0.15, 0.2) is 35.7 Å². The summed E-state index contributed by atoms with van der Waals surface area (Å²) in [7, 11) is 0. The minimum Gasteiger partial charge on any atom is -0.454 e. The van der Waals surface area contributed by atoms with Gasteiger partial charge in [-0.2, -0.15) is 0 Å². The molecule has 0 bridgehead atoms. The first-order chi connectivity index (χ1) is 14.7. The molecule has 3 heterocycles. The van der Waals surface area contributed by atoms with Gasteiger partial charge in [0.1, 0.15) is 6.04 Å². The van der Waals surface area contributed by atoms with E-state index < -0.39 is 0 Å². The Hall–Kier alpha value is -2.54. The molecule has 0 N–H and O–H groups in total. The molecule has 6 nitrogen and oxygen atoms in total. The quantitative estimate of drug-likeness (QED) is 0.724. The third-order valence-corrected chi connectivity index (χ3v) is 7.23. The molecule has 0 unspecified atom stereocenters. The van der Waals surface area contributed by atoms with Gasteiger partial charge in [0.2, 0.25) is 12.7 Å². The van der Waals surface area contributed by atoms with E-state index in [2.05, 4.69) is 0 Å². The Morgan fingerprint density at radius 1 is 1.07 bits per heavy atom. The van der Waals surface area contributed by atoms with Gasteiger partial charge in [0.15, 0.2) is 11.5 Å². The second-order valence-corrected chi connectivity index (χ2v) is 9.17. The van der Waals surface area contributed by atoms with E-state index in [-0.39, 0.29) is 30.7 Å². The van der Waals surface area contributed by atoms with Gasteiger partial charge in [0.25, 0.3) is 5.91 Å². The molecular formula is C23H26N2O4S. The monoisotopic (exact) mass is 426 g/mol. The van der Waals surface area contributed by atoms with Crippen LogP contribution in [0.1, 0.15) is 53.8 Å². The molecule has 1 aromatic heterocycles. The van der Waals surface area contributed by atoms with Gasteiger partial charge in [-0.25, -0.2) is 0 Å². The predicted molar refractivity (Wildman–Crippen MR) is 114 cm³/mol. The first kappa shape index (κ1) is 19.4. The van der Waals surface area contributed by atoms with E-state index in [9.17, 15) is 9.59 Å². The van der Waals surface area contributed by atoms with Crippen molar-refractivity contribution in [2.45, 2.75) is 57.2 Å².